The summed E-state index contributed by atoms with van der Waals surface area (Å²) in [5.74, 6) is -2.83. The second kappa shape index (κ2) is 10.9. The van der Waals surface area contributed by atoms with Crippen molar-refractivity contribution in [1.29, 1.82) is 0 Å². The Morgan fingerprint density at radius 2 is 1.81 bits per heavy atom. The molecule has 4 rings (SSSR count). The highest BCUT2D eigenvalue weighted by Gasteiger charge is 2.38. The number of fused-ring (bicyclic) bond motifs is 1. The molecule has 0 saturated carbocycles. The van der Waals surface area contributed by atoms with Crippen LogP contribution in [0.3, 0.4) is 0 Å². The molecule has 1 aromatic carbocycles. The van der Waals surface area contributed by atoms with Crippen molar-refractivity contribution < 1.29 is 32.7 Å². The number of aromatic amines is 1. The molecule has 3 N–H and O–H groups in total. The van der Waals surface area contributed by atoms with Crippen molar-refractivity contribution in [3.8, 4) is 11.3 Å². The molecule has 188 valence electrons. The Balaban J connectivity index is 0.000000454. The molecule has 2 amide bonds. The Kier molecular flexibility index (Phi) is 7.93. The predicted octanol–water partition coefficient (Wildman–Crippen LogP) is 3.87. The van der Waals surface area contributed by atoms with Gasteiger partial charge in [0.2, 0.25) is 0 Å². The lowest BCUT2D eigenvalue weighted by molar-refractivity contribution is -0.192. The summed E-state index contributed by atoms with van der Waals surface area (Å²) in [6.07, 6.45) is 1.25. The third kappa shape index (κ3) is 6.38. The van der Waals surface area contributed by atoms with Gasteiger partial charge in [0.15, 0.2) is 0 Å². The minimum absolute atomic E-state index is 0.0370. The first-order chi connectivity index (χ1) is 17.0. The summed E-state index contributed by atoms with van der Waals surface area (Å²) >= 11 is 0. The van der Waals surface area contributed by atoms with Crippen LogP contribution in [0.15, 0.2) is 48.7 Å². The number of aromatic nitrogens is 2. The number of benzene rings is 1. The maximum absolute atomic E-state index is 12.4. The Morgan fingerprint density at radius 3 is 2.44 bits per heavy atom. The molecule has 0 radical (unpaired) electrons. The fraction of sp³-hybridized carbons (Fsp3) is 0.200. The number of carboxylic acids is 1. The minimum Gasteiger partial charge on any atom is -0.475 e. The Labute approximate surface area is 204 Å². The Hall–Kier alpha value is -4.41. The van der Waals surface area contributed by atoms with Crippen LogP contribution >= 0.6 is 0 Å². The van der Waals surface area contributed by atoms with Crippen molar-refractivity contribution in [3.63, 3.8) is 0 Å². The molecule has 0 aliphatic carbocycles. The fourth-order valence-electron chi connectivity index (χ4n) is 3.41. The van der Waals surface area contributed by atoms with Gasteiger partial charge in [-0.05, 0) is 35.9 Å². The van der Waals surface area contributed by atoms with Crippen LogP contribution in [0, 0.1) is 0 Å². The van der Waals surface area contributed by atoms with E-state index < -0.39 is 12.1 Å². The average Bonchev–Trinajstić information content (AvgIpc) is 3.28. The van der Waals surface area contributed by atoms with Crippen LogP contribution < -0.4 is 5.32 Å². The normalized spacial score (nSPS) is 12.9. The Morgan fingerprint density at radius 1 is 1.11 bits per heavy atom. The number of carboxylic acid groups (broad SMARTS) is 1. The molecule has 0 unspecified atom stereocenters. The van der Waals surface area contributed by atoms with Gasteiger partial charge >= 0.3 is 12.1 Å². The van der Waals surface area contributed by atoms with Crippen LogP contribution in [-0.2, 0) is 11.2 Å². The van der Waals surface area contributed by atoms with E-state index in [4.69, 9.17) is 9.90 Å². The van der Waals surface area contributed by atoms with Crippen LogP contribution in [0.25, 0.3) is 23.4 Å². The molecule has 0 bridgehead atoms. The summed E-state index contributed by atoms with van der Waals surface area (Å²) in [5.41, 5.74) is 5.78. The van der Waals surface area contributed by atoms with Crippen LogP contribution in [0.1, 0.15) is 37.7 Å². The van der Waals surface area contributed by atoms with Gasteiger partial charge in [-0.15, -0.1) is 0 Å². The standard InChI is InChI=1S/C23H22N4O2.C2HF3O2/c1-27(2)23(29)18-6-4-3-5-15(18)7-8-17-13-16(9-11-24-17)21-14-19-20(26-21)10-12-25-22(19)28;3-2(4,5)1(6)7/h3-9,11,13-14,26H,10,12H2,1-2H3,(H,25,28);(H,6,7). The third-order valence-corrected chi connectivity index (χ3v) is 5.17. The monoisotopic (exact) mass is 500 g/mol. The number of H-pyrrole nitrogens is 1. The summed E-state index contributed by atoms with van der Waals surface area (Å²) in [5, 5.41) is 9.99. The number of alkyl halides is 3. The number of carbonyl (C=O) groups excluding carboxylic acids is 2. The van der Waals surface area contributed by atoms with Crippen molar-refractivity contribution in [1.82, 2.24) is 20.2 Å². The molecule has 0 fully saturated rings. The van der Waals surface area contributed by atoms with Gasteiger partial charge in [0.05, 0.1) is 11.3 Å². The number of pyridine rings is 1. The molecule has 36 heavy (non-hydrogen) atoms. The van der Waals surface area contributed by atoms with Crippen LogP contribution in [0.5, 0.6) is 0 Å². The van der Waals surface area contributed by atoms with E-state index in [9.17, 15) is 22.8 Å². The fourth-order valence-corrected chi connectivity index (χ4v) is 3.41. The van der Waals surface area contributed by atoms with Gasteiger partial charge in [-0.25, -0.2) is 4.79 Å². The maximum atomic E-state index is 12.4. The number of nitrogens with one attached hydrogen (secondary N) is 2. The number of carbonyl (C=O) groups is 3. The van der Waals surface area contributed by atoms with Crippen molar-refractivity contribution in [2.24, 2.45) is 0 Å². The number of halogens is 3. The summed E-state index contributed by atoms with van der Waals surface area (Å²) < 4.78 is 31.7. The summed E-state index contributed by atoms with van der Waals surface area (Å²) in [6.45, 7) is 0.654. The summed E-state index contributed by atoms with van der Waals surface area (Å²) in [4.78, 5) is 42.6. The van der Waals surface area contributed by atoms with Gasteiger partial charge in [0.25, 0.3) is 11.8 Å². The average molecular weight is 500 g/mol. The van der Waals surface area contributed by atoms with Crippen LogP contribution in [-0.4, -0.2) is 64.6 Å². The number of aliphatic carboxylic acids is 1. The van der Waals surface area contributed by atoms with E-state index in [0.29, 0.717) is 17.7 Å². The molecule has 3 aromatic rings. The first-order valence-electron chi connectivity index (χ1n) is 10.7. The number of hydrogen-bond acceptors (Lipinski definition) is 4. The van der Waals surface area contributed by atoms with E-state index in [1.165, 1.54) is 0 Å². The number of hydrogen-bond donors (Lipinski definition) is 3. The molecular formula is C25H23F3N4O4. The van der Waals surface area contributed by atoms with Gasteiger partial charge in [0.1, 0.15) is 0 Å². The highest BCUT2D eigenvalue weighted by atomic mass is 19.4. The summed E-state index contributed by atoms with van der Waals surface area (Å²) in [7, 11) is 3.48. The quantitative estimate of drug-likeness (QED) is 0.503. The number of amides is 2. The molecule has 1 aliphatic heterocycles. The van der Waals surface area contributed by atoms with E-state index in [1.807, 2.05) is 54.6 Å². The molecule has 2 aromatic heterocycles. The van der Waals surface area contributed by atoms with Crippen molar-refractivity contribution in [2.45, 2.75) is 12.6 Å². The molecule has 1 aliphatic rings. The molecule has 0 spiro atoms. The Bertz CT molecular complexity index is 1310. The molecule has 11 heteroatoms. The zero-order valence-corrected chi connectivity index (χ0v) is 19.4. The topological polar surface area (TPSA) is 115 Å². The van der Waals surface area contributed by atoms with E-state index >= 15 is 0 Å². The third-order valence-electron chi connectivity index (χ3n) is 5.17. The first-order valence-corrected chi connectivity index (χ1v) is 10.7. The smallest absolute Gasteiger partial charge is 0.475 e. The van der Waals surface area contributed by atoms with E-state index in [1.54, 1.807) is 25.2 Å². The molecule has 0 atom stereocenters. The summed E-state index contributed by atoms with van der Waals surface area (Å²) in [6, 6.07) is 13.3. The van der Waals surface area contributed by atoms with Crippen molar-refractivity contribution in [2.75, 3.05) is 20.6 Å². The van der Waals surface area contributed by atoms with Crippen molar-refractivity contribution in [3.05, 3.63) is 76.7 Å². The lowest BCUT2D eigenvalue weighted by Crippen LogP contribution is -2.31. The lowest BCUT2D eigenvalue weighted by Gasteiger charge is -2.12. The van der Waals surface area contributed by atoms with Gasteiger partial charge in [-0.2, -0.15) is 13.2 Å². The second-order valence-electron chi connectivity index (χ2n) is 7.97. The lowest BCUT2D eigenvalue weighted by atomic mass is 10.1. The SMILES string of the molecule is CN(C)C(=O)c1ccccc1C=Cc1cc(-c2cc3c([nH]2)CCNC3=O)ccn1.O=C(O)C(F)(F)F. The van der Waals surface area contributed by atoms with Crippen LogP contribution in [0.4, 0.5) is 13.2 Å². The van der Waals surface area contributed by atoms with E-state index in [2.05, 4.69) is 15.3 Å². The maximum Gasteiger partial charge on any atom is 0.490 e. The molecule has 8 nitrogen and oxygen atoms in total. The molecule has 3 heterocycles. The second-order valence-corrected chi connectivity index (χ2v) is 7.97. The largest absolute Gasteiger partial charge is 0.490 e. The van der Waals surface area contributed by atoms with Gasteiger partial charge in [-0.3, -0.25) is 14.6 Å². The van der Waals surface area contributed by atoms with Gasteiger partial charge < -0.3 is 20.3 Å². The van der Waals surface area contributed by atoms with E-state index in [-0.39, 0.29) is 11.8 Å². The van der Waals surface area contributed by atoms with Gasteiger partial charge in [-0.1, -0.05) is 24.3 Å². The van der Waals surface area contributed by atoms with Gasteiger partial charge in [0, 0.05) is 55.8 Å². The molecule has 0 saturated heterocycles. The van der Waals surface area contributed by atoms with Crippen molar-refractivity contribution >= 4 is 29.9 Å². The zero-order valence-electron chi connectivity index (χ0n) is 19.4. The predicted molar refractivity (Wildman–Crippen MR) is 127 cm³/mol. The minimum atomic E-state index is -5.08. The van der Waals surface area contributed by atoms with E-state index in [0.717, 1.165) is 34.6 Å². The first kappa shape index (κ1) is 26.2. The van der Waals surface area contributed by atoms with Crippen LogP contribution in [0.2, 0.25) is 0 Å². The zero-order chi connectivity index (χ0) is 26.5. The highest BCUT2D eigenvalue weighted by molar-refractivity contribution is 5.99. The number of nitrogens with zero attached hydrogens (tertiary/aromatic N) is 2. The molecular weight excluding hydrogens is 477 g/mol. The number of rotatable bonds is 4. The highest BCUT2D eigenvalue weighted by Crippen LogP contribution is 2.25.